The molecule has 7 rings (SSSR count). The number of allylic oxidation sites excluding steroid dienone is 1. The quantitative estimate of drug-likeness (QED) is 0.109. The number of ketones is 2. The van der Waals surface area contributed by atoms with Crippen molar-refractivity contribution in [3.05, 3.63) is 97.2 Å². The van der Waals surface area contributed by atoms with E-state index >= 15 is 4.79 Å². The number of sulfonamides is 2. The molecular weight excluding hydrogens is 889 g/mol. The maximum atomic E-state index is 15.1. The van der Waals surface area contributed by atoms with Gasteiger partial charge < -0.3 is 9.64 Å². The lowest BCUT2D eigenvalue weighted by Gasteiger charge is -2.34. The lowest BCUT2D eigenvalue weighted by Crippen LogP contribution is -2.47. The molecule has 0 bridgehead atoms. The van der Waals surface area contributed by atoms with Crippen LogP contribution in [-0.2, 0) is 45.8 Å². The fourth-order valence-electron chi connectivity index (χ4n) is 11.6. The molecule has 3 saturated carbocycles. The molecule has 0 unspecified atom stereocenters. The highest BCUT2D eigenvalue weighted by Gasteiger charge is 2.85. The first kappa shape index (κ1) is 50.2. The van der Waals surface area contributed by atoms with Crippen molar-refractivity contribution < 1.29 is 40.8 Å². The summed E-state index contributed by atoms with van der Waals surface area (Å²) in [6, 6.07) is 19.1. The molecule has 3 aliphatic carbocycles. The Morgan fingerprint density at radius 1 is 0.940 bits per heavy atom. The van der Waals surface area contributed by atoms with Crippen molar-refractivity contribution in [2.75, 3.05) is 20.1 Å². The summed E-state index contributed by atoms with van der Waals surface area (Å²) in [6.45, 7) is 18.7. The number of likely N-dealkylation sites (tertiary alicyclic amines) is 1. The molecule has 2 heterocycles. The highest BCUT2D eigenvalue weighted by atomic mass is 32.2. The predicted molar refractivity (Wildman–Crippen MR) is 255 cm³/mol. The van der Waals surface area contributed by atoms with E-state index in [0.29, 0.717) is 18.7 Å². The van der Waals surface area contributed by atoms with Crippen LogP contribution < -0.4 is 9.46 Å². The highest BCUT2D eigenvalue weighted by molar-refractivity contribution is 7.90. The molecule has 67 heavy (non-hydrogen) atoms. The van der Waals surface area contributed by atoms with E-state index in [1.165, 1.54) is 41.8 Å². The first-order valence-electron chi connectivity index (χ1n) is 23.5. The van der Waals surface area contributed by atoms with Gasteiger partial charge in [-0.05, 0) is 89.5 Å². The van der Waals surface area contributed by atoms with Crippen molar-refractivity contribution in [1.29, 1.82) is 0 Å². The summed E-state index contributed by atoms with van der Waals surface area (Å²) in [6.07, 6.45) is 6.39. The van der Waals surface area contributed by atoms with Crippen LogP contribution in [0.5, 0.6) is 5.75 Å². The second kappa shape index (κ2) is 18.3. The number of pyridine rings is 1. The number of nitrogens with zero attached hydrogens (tertiary/aromatic N) is 3. The largest absolute Gasteiger partial charge is 0.489 e. The Morgan fingerprint density at radius 2 is 1.63 bits per heavy atom. The third-order valence-electron chi connectivity index (χ3n) is 16.5. The Balaban J connectivity index is 1.09. The fraction of sp³-hybridized carbons (Fsp3) is 0.558. The normalized spacial score (nSPS) is 24.8. The second-order valence-corrected chi connectivity index (χ2v) is 25.3. The number of rotatable bonds is 20. The van der Waals surface area contributed by atoms with E-state index in [1.54, 1.807) is 29.2 Å². The van der Waals surface area contributed by atoms with Gasteiger partial charge in [0.15, 0.2) is 10.8 Å². The molecule has 0 radical (unpaired) electrons. The predicted octanol–water partition coefficient (Wildman–Crippen LogP) is 8.02. The number of carbonyl (C=O) groups excluding carboxylic acids is 4. The van der Waals surface area contributed by atoms with Crippen LogP contribution in [0.25, 0.3) is 0 Å². The molecule has 4 aliphatic rings. The van der Waals surface area contributed by atoms with Crippen LogP contribution in [0.1, 0.15) is 105 Å². The number of aromatic nitrogens is 1. The molecule has 1 aromatic heterocycles. The van der Waals surface area contributed by atoms with Crippen LogP contribution in [0.4, 0.5) is 0 Å². The molecule has 1 aliphatic heterocycles. The molecule has 2 aromatic carbocycles. The maximum absolute atomic E-state index is 15.1. The molecule has 4 fully saturated rings. The monoisotopic (exact) mass is 956 g/mol. The van der Waals surface area contributed by atoms with Crippen molar-refractivity contribution >= 4 is 43.4 Å². The number of benzene rings is 2. The molecule has 362 valence electrons. The number of amides is 2. The Kier molecular flexibility index (Phi) is 13.7. The molecule has 13 nitrogen and oxygen atoms in total. The fourth-order valence-corrected chi connectivity index (χ4v) is 13.9. The molecule has 2 spiro atoms. The minimum atomic E-state index is -4.39. The molecule has 1 N–H and O–H groups in total. The zero-order valence-electron chi connectivity index (χ0n) is 40.3. The summed E-state index contributed by atoms with van der Waals surface area (Å²) < 4.78 is 63.8. The van der Waals surface area contributed by atoms with Crippen LogP contribution in [0.15, 0.2) is 102 Å². The third kappa shape index (κ3) is 9.28. The van der Waals surface area contributed by atoms with Gasteiger partial charge in [0.1, 0.15) is 18.1 Å². The van der Waals surface area contributed by atoms with Gasteiger partial charge in [-0.2, -0.15) is 4.31 Å². The van der Waals surface area contributed by atoms with E-state index < -0.39 is 54.7 Å². The Labute approximate surface area is 397 Å². The SMILES string of the molecule is C=C[C@@H]1C[C@]1(CC(=O)[C@@H]1C[C@@]2(CN1C(=O)[C@@H](CC(=O)C[C@H](CN(C)S(=O)(=O)c1ccccn1)C(C)(C)C)C(C)C)C(C)(C)C21CCC1)C(=O)NS(=O)(=O)c1cccc(OCc2ccccc2)c1. The van der Waals surface area contributed by atoms with Crippen LogP contribution in [0, 0.1) is 50.7 Å². The summed E-state index contributed by atoms with van der Waals surface area (Å²) >= 11 is 0. The number of carbonyl (C=O) groups is 4. The minimum Gasteiger partial charge on any atom is -0.489 e. The summed E-state index contributed by atoms with van der Waals surface area (Å²) in [5, 5.41) is -0.0817. The molecular formula is C52H68N4O9S2. The Hall–Kier alpha value is -4.73. The van der Waals surface area contributed by atoms with Gasteiger partial charge in [-0.25, -0.2) is 26.5 Å². The zero-order chi connectivity index (χ0) is 49.0. The van der Waals surface area contributed by atoms with Gasteiger partial charge in [0, 0.05) is 63.0 Å². The van der Waals surface area contributed by atoms with E-state index in [0.717, 1.165) is 24.8 Å². The Bertz CT molecular complexity index is 2610. The summed E-state index contributed by atoms with van der Waals surface area (Å²) in [5.41, 5.74) is -1.45. The van der Waals surface area contributed by atoms with Crippen LogP contribution in [-0.4, -0.2) is 80.6 Å². The van der Waals surface area contributed by atoms with Crippen LogP contribution in [0.3, 0.4) is 0 Å². The van der Waals surface area contributed by atoms with E-state index in [1.807, 2.05) is 65.0 Å². The first-order valence-corrected chi connectivity index (χ1v) is 26.5. The van der Waals surface area contributed by atoms with Crippen LogP contribution >= 0.6 is 0 Å². The van der Waals surface area contributed by atoms with Gasteiger partial charge in [0.05, 0.1) is 16.4 Å². The lowest BCUT2D eigenvalue weighted by atomic mass is 9.73. The molecule has 1 saturated heterocycles. The first-order chi connectivity index (χ1) is 31.4. The van der Waals surface area contributed by atoms with Crippen molar-refractivity contribution in [2.45, 2.75) is 122 Å². The lowest BCUT2D eigenvalue weighted by molar-refractivity contribution is -0.144. The number of hydrogen-bond acceptors (Lipinski definition) is 10. The van der Waals surface area contributed by atoms with E-state index in [9.17, 15) is 31.2 Å². The van der Waals surface area contributed by atoms with Crippen LogP contribution in [0.2, 0.25) is 0 Å². The average Bonchev–Trinajstić information content (AvgIpc) is 3.99. The van der Waals surface area contributed by atoms with Gasteiger partial charge in [0.2, 0.25) is 11.8 Å². The molecule has 6 atom stereocenters. The second-order valence-electron chi connectivity index (χ2n) is 21.7. The summed E-state index contributed by atoms with van der Waals surface area (Å²) in [7, 11) is -6.83. The number of nitrogens with one attached hydrogen (secondary N) is 1. The summed E-state index contributed by atoms with van der Waals surface area (Å²) in [4.78, 5) is 64.1. The van der Waals surface area contributed by atoms with Gasteiger partial charge in [-0.1, -0.05) is 103 Å². The smallest absolute Gasteiger partial charge is 0.264 e. The number of hydrogen-bond donors (Lipinski definition) is 1. The van der Waals surface area contributed by atoms with E-state index in [-0.39, 0.29) is 94.3 Å². The average molecular weight is 957 g/mol. The van der Waals surface area contributed by atoms with E-state index in [4.69, 9.17) is 4.74 Å². The highest BCUT2D eigenvalue weighted by Crippen LogP contribution is 2.88. The van der Waals surface area contributed by atoms with Crippen molar-refractivity contribution in [3.8, 4) is 5.75 Å². The van der Waals surface area contributed by atoms with Crippen molar-refractivity contribution in [1.82, 2.24) is 18.9 Å². The van der Waals surface area contributed by atoms with Gasteiger partial charge in [-0.3, -0.25) is 19.2 Å². The van der Waals surface area contributed by atoms with Gasteiger partial charge in [-0.15, -0.1) is 6.58 Å². The molecule has 3 aromatic rings. The number of Topliss-reactive ketones (excluding diaryl/α,β-unsaturated/α-hetero) is 2. The zero-order valence-corrected chi connectivity index (χ0v) is 41.9. The topological polar surface area (TPSA) is 177 Å². The molecule has 15 heteroatoms. The number of fused-ring (bicyclic) bond motifs is 1. The molecule has 2 amide bonds. The van der Waals surface area contributed by atoms with E-state index in [2.05, 4.69) is 30.1 Å². The van der Waals surface area contributed by atoms with Gasteiger partial charge in [0.25, 0.3) is 20.0 Å². The third-order valence-corrected chi connectivity index (χ3v) is 19.5. The standard InChI is InChI=1S/C52H68N4O9S2/c1-10-37-29-50(37,47(60)54-66(61,62)41-21-16-20-40(28-41)65-33-36-18-12-11-13-19-36)31-44(58)43-30-52(49(7,8)51(52)23-17-24-51)34-56(43)46(59)42(35(2)3)27-39(57)26-38(48(4,5)6)32-55(9)67(63,64)45-22-14-15-25-53-45/h10-16,18-22,25,28,35,37-38,42-43H,1,17,23-24,26-27,29-34H2,2-9H3,(H,54,60)/t37-,38-,42+,43+,50-,52-/m1/s1. The van der Waals surface area contributed by atoms with Crippen molar-refractivity contribution in [2.24, 2.45) is 50.7 Å². The summed E-state index contributed by atoms with van der Waals surface area (Å²) in [5.74, 6) is -3.15. The number of ether oxygens (including phenoxy) is 1. The minimum absolute atomic E-state index is 0.0238. The van der Waals surface area contributed by atoms with Gasteiger partial charge >= 0.3 is 0 Å². The van der Waals surface area contributed by atoms with Crippen molar-refractivity contribution in [3.63, 3.8) is 0 Å². The Morgan fingerprint density at radius 3 is 2.19 bits per heavy atom. The maximum Gasteiger partial charge on any atom is 0.264 e.